The number of rotatable bonds is 3. The van der Waals surface area contributed by atoms with Crippen molar-refractivity contribution in [1.29, 1.82) is 0 Å². The Kier molecular flexibility index (Phi) is 4.88. The van der Waals surface area contributed by atoms with E-state index in [0.717, 1.165) is 13.1 Å². The number of ether oxygens (including phenoxy) is 2. The number of sulfone groups is 1. The summed E-state index contributed by atoms with van der Waals surface area (Å²) in [7, 11) is -1.33. The van der Waals surface area contributed by atoms with Crippen molar-refractivity contribution in [2.24, 2.45) is 5.92 Å². The van der Waals surface area contributed by atoms with Gasteiger partial charge in [0.05, 0.1) is 36.4 Å². The molecule has 0 aromatic heterocycles. The Morgan fingerprint density at radius 1 is 1.14 bits per heavy atom. The van der Waals surface area contributed by atoms with Crippen molar-refractivity contribution in [3.05, 3.63) is 0 Å². The van der Waals surface area contributed by atoms with Gasteiger partial charge in [-0.1, -0.05) is 19.3 Å². The van der Waals surface area contributed by atoms with Crippen LogP contribution < -0.4 is 0 Å². The highest BCUT2D eigenvalue weighted by molar-refractivity contribution is 7.91. The van der Waals surface area contributed by atoms with Gasteiger partial charge in [-0.2, -0.15) is 0 Å². The predicted octanol–water partition coefficient (Wildman–Crippen LogP) is 1.08. The fourth-order valence-electron chi connectivity index (χ4n) is 4.15. The first kappa shape index (κ1) is 15.7. The maximum Gasteiger partial charge on any atom is 0.154 e. The zero-order valence-electron chi connectivity index (χ0n) is 12.9. The molecular formula is C15H27NO4S. The largest absolute Gasteiger partial charge is 0.379 e. The molecule has 0 bridgehead atoms. The summed E-state index contributed by atoms with van der Waals surface area (Å²) in [6.45, 7) is 2.40. The molecule has 122 valence electrons. The van der Waals surface area contributed by atoms with Crippen molar-refractivity contribution in [2.75, 3.05) is 38.3 Å². The van der Waals surface area contributed by atoms with E-state index in [1.54, 1.807) is 7.11 Å². The van der Waals surface area contributed by atoms with E-state index >= 15 is 0 Å². The second kappa shape index (κ2) is 6.52. The van der Waals surface area contributed by atoms with Gasteiger partial charge in [-0.05, 0) is 18.8 Å². The third kappa shape index (κ3) is 3.60. The van der Waals surface area contributed by atoms with Gasteiger partial charge in [0.25, 0.3) is 0 Å². The first-order valence-electron chi connectivity index (χ1n) is 8.18. The summed E-state index contributed by atoms with van der Waals surface area (Å²) < 4.78 is 35.2. The molecule has 3 rings (SSSR count). The van der Waals surface area contributed by atoms with Crippen LogP contribution in [0.15, 0.2) is 0 Å². The lowest BCUT2D eigenvalue weighted by molar-refractivity contribution is -0.0872. The minimum Gasteiger partial charge on any atom is -0.379 e. The maximum atomic E-state index is 11.9. The summed E-state index contributed by atoms with van der Waals surface area (Å²) in [5.41, 5.74) is 0. The summed E-state index contributed by atoms with van der Waals surface area (Å²) in [4.78, 5) is 2.31. The van der Waals surface area contributed by atoms with Crippen LogP contribution in [0, 0.1) is 5.92 Å². The molecule has 0 aromatic rings. The normalized spacial score (nSPS) is 38.6. The van der Waals surface area contributed by atoms with E-state index in [0.29, 0.717) is 12.5 Å². The smallest absolute Gasteiger partial charge is 0.154 e. The van der Waals surface area contributed by atoms with Crippen LogP contribution in [0.1, 0.15) is 32.1 Å². The molecule has 5 nitrogen and oxygen atoms in total. The lowest BCUT2D eigenvalue weighted by Gasteiger charge is -2.41. The van der Waals surface area contributed by atoms with Crippen LogP contribution in [0.5, 0.6) is 0 Å². The Labute approximate surface area is 127 Å². The molecule has 2 aliphatic heterocycles. The predicted molar refractivity (Wildman–Crippen MR) is 81.1 cm³/mol. The third-order valence-corrected chi connectivity index (χ3v) is 7.03. The molecule has 0 N–H and O–H groups in total. The number of morpholine rings is 1. The minimum atomic E-state index is -2.96. The molecule has 3 fully saturated rings. The van der Waals surface area contributed by atoms with Gasteiger partial charge in [0.2, 0.25) is 0 Å². The van der Waals surface area contributed by atoms with E-state index in [1.807, 2.05) is 0 Å². The molecular weight excluding hydrogens is 290 g/mol. The molecule has 3 aliphatic rings. The molecule has 21 heavy (non-hydrogen) atoms. The fourth-order valence-corrected chi connectivity index (χ4v) is 6.09. The first-order valence-corrected chi connectivity index (χ1v) is 10.00. The van der Waals surface area contributed by atoms with E-state index in [2.05, 4.69) is 4.90 Å². The van der Waals surface area contributed by atoms with E-state index in [4.69, 9.17) is 9.47 Å². The fraction of sp³-hybridized carbons (Fsp3) is 1.00. The Balaban J connectivity index is 1.65. The van der Waals surface area contributed by atoms with Gasteiger partial charge in [0, 0.05) is 20.2 Å². The Hall–Kier alpha value is -0.170. The van der Waals surface area contributed by atoms with Crippen LogP contribution in [-0.2, 0) is 19.3 Å². The van der Waals surface area contributed by atoms with Crippen molar-refractivity contribution < 1.29 is 17.9 Å². The second-order valence-electron chi connectivity index (χ2n) is 6.72. The van der Waals surface area contributed by atoms with Crippen LogP contribution in [0.3, 0.4) is 0 Å². The molecule has 1 unspecified atom stereocenters. The van der Waals surface area contributed by atoms with Crippen molar-refractivity contribution in [3.63, 3.8) is 0 Å². The lowest BCUT2D eigenvalue weighted by Crippen LogP contribution is -2.53. The SMILES string of the molecule is CO[C@@H]1CS(=O)(=O)C[C@@H]1N1CCOC(C2CCCCC2)C1. The van der Waals surface area contributed by atoms with Crippen molar-refractivity contribution >= 4 is 9.84 Å². The van der Waals surface area contributed by atoms with Crippen LogP contribution in [0.25, 0.3) is 0 Å². The second-order valence-corrected chi connectivity index (χ2v) is 8.87. The van der Waals surface area contributed by atoms with E-state index < -0.39 is 9.84 Å². The van der Waals surface area contributed by atoms with Crippen LogP contribution in [-0.4, -0.2) is 69.9 Å². The van der Waals surface area contributed by atoms with Gasteiger partial charge in [-0.3, -0.25) is 4.90 Å². The standard InChI is InChI=1S/C15H27NO4S/c1-19-15-11-21(17,18)10-13(15)16-7-8-20-14(9-16)12-5-3-2-4-6-12/h12-15H,2-11H2,1H3/t13-,14?,15+/m0/s1. The van der Waals surface area contributed by atoms with Gasteiger partial charge in [-0.25, -0.2) is 8.42 Å². The molecule has 1 saturated carbocycles. The highest BCUT2D eigenvalue weighted by Gasteiger charge is 2.43. The average molecular weight is 317 g/mol. The molecule has 0 spiro atoms. The third-order valence-electron chi connectivity index (χ3n) is 5.34. The van der Waals surface area contributed by atoms with E-state index in [-0.39, 0.29) is 29.8 Å². The summed E-state index contributed by atoms with van der Waals surface area (Å²) in [6, 6.07) is 0.00925. The molecule has 2 heterocycles. The van der Waals surface area contributed by atoms with E-state index in [9.17, 15) is 8.42 Å². The van der Waals surface area contributed by atoms with Gasteiger partial charge < -0.3 is 9.47 Å². The zero-order chi connectivity index (χ0) is 14.9. The van der Waals surface area contributed by atoms with E-state index in [1.165, 1.54) is 32.1 Å². The number of nitrogens with zero attached hydrogens (tertiary/aromatic N) is 1. The quantitative estimate of drug-likeness (QED) is 0.779. The Morgan fingerprint density at radius 3 is 2.62 bits per heavy atom. The number of hydrogen-bond donors (Lipinski definition) is 0. The number of methoxy groups -OCH3 is 1. The van der Waals surface area contributed by atoms with Gasteiger partial charge in [-0.15, -0.1) is 0 Å². The summed E-state index contributed by atoms with van der Waals surface area (Å²) in [5, 5.41) is 0. The molecule has 3 atom stereocenters. The monoisotopic (exact) mass is 317 g/mol. The van der Waals surface area contributed by atoms with Crippen LogP contribution >= 0.6 is 0 Å². The summed E-state index contributed by atoms with van der Waals surface area (Å²) in [5.74, 6) is 1.06. The van der Waals surface area contributed by atoms with Crippen molar-refractivity contribution in [2.45, 2.75) is 50.4 Å². The van der Waals surface area contributed by atoms with Crippen LogP contribution in [0.2, 0.25) is 0 Å². The first-order chi connectivity index (χ1) is 10.1. The maximum absolute atomic E-state index is 11.9. The van der Waals surface area contributed by atoms with Crippen LogP contribution in [0.4, 0.5) is 0 Å². The van der Waals surface area contributed by atoms with Gasteiger partial charge in [0.15, 0.2) is 9.84 Å². The molecule has 2 saturated heterocycles. The Bertz CT molecular complexity index is 447. The molecule has 0 aromatic carbocycles. The highest BCUT2D eigenvalue weighted by Crippen LogP contribution is 2.31. The molecule has 1 aliphatic carbocycles. The minimum absolute atomic E-state index is 0.00925. The lowest BCUT2D eigenvalue weighted by atomic mass is 9.84. The topological polar surface area (TPSA) is 55.8 Å². The van der Waals surface area contributed by atoms with Gasteiger partial charge in [0.1, 0.15) is 0 Å². The van der Waals surface area contributed by atoms with Gasteiger partial charge >= 0.3 is 0 Å². The summed E-state index contributed by atoms with van der Waals surface area (Å²) in [6.07, 6.45) is 6.58. The average Bonchev–Trinajstić information content (AvgIpc) is 2.83. The van der Waals surface area contributed by atoms with Crippen molar-refractivity contribution in [1.82, 2.24) is 4.90 Å². The Morgan fingerprint density at radius 2 is 1.90 bits per heavy atom. The molecule has 0 radical (unpaired) electrons. The molecule has 6 heteroatoms. The summed E-state index contributed by atoms with van der Waals surface area (Å²) >= 11 is 0. The van der Waals surface area contributed by atoms with Crippen molar-refractivity contribution in [3.8, 4) is 0 Å². The molecule has 0 amide bonds. The zero-order valence-corrected chi connectivity index (χ0v) is 13.7. The number of hydrogen-bond acceptors (Lipinski definition) is 5. The highest BCUT2D eigenvalue weighted by atomic mass is 32.2.